The first-order valence-corrected chi connectivity index (χ1v) is 6.59. The van der Waals surface area contributed by atoms with E-state index in [0.29, 0.717) is 12.4 Å². The lowest BCUT2D eigenvalue weighted by Crippen LogP contribution is -2.30. The molecular weight excluding hydrogens is 274 g/mol. The number of carboxylic acids is 1. The summed E-state index contributed by atoms with van der Waals surface area (Å²) >= 11 is 0. The van der Waals surface area contributed by atoms with Crippen LogP contribution in [0.2, 0.25) is 0 Å². The molecule has 0 aliphatic heterocycles. The van der Waals surface area contributed by atoms with E-state index >= 15 is 0 Å². The Hall–Kier alpha value is -2.57. The monoisotopic (exact) mass is 291 g/mol. The first-order chi connectivity index (χ1) is 10.1. The maximum atomic E-state index is 10.9. The minimum atomic E-state index is -0.937. The number of ether oxygens (including phenoxy) is 1. The molecule has 0 saturated carbocycles. The van der Waals surface area contributed by atoms with Crippen LogP contribution in [0.5, 0.6) is 5.75 Å². The molecule has 112 valence electrons. The molecule has 7 nitrogen and oxygen atoms in total. The summed E-state index contributed by atoms with van der Waals surface area (Å²) in [4.78, 5) is 16.7. The predicted octanol–water partition coefficient (Wildman–Crippen LogP) is 2.05. The van der Waals surface area contributed by atoms with Gasteiger partial charge in [0.25, 0.3) is 0 Å². The normalized spacial score (nSPS) is 10.4. The molecule has 0 aliphatic carbocycles. The highest BCUT2D eigenvalue weighted by molar-refractivity contribution is 5.72. The average molecular weight is 291 g/mol. The molecule has 1 N–H and O–H groups in total. The highest BCUT2D eigenvalue weighted by Crippen LogP contribution is 2.22. The Kier molecular flexibility index (Phi) is 4.76. The van der Waals surface area contributed by atoms with Gasteiger partial charge in [-0.1, -0.05) is 12.1 Å². The smallest absolute Gasteiger partial charge is 0.324 e. The van der Waals surface area contributed by atoms with Crippen LogP contribution < -0.4 is 9.64 Å². The third kappa shape index (κ3) is 3.71. The number of aliphatic carboxylic acids is 1. The van der Waals surface area contributed by atoms with E-state index in [-0.39, 0.29) is 12.6 Å². The Morgan fingerprint density at radius 3 is 2.67 bits per heavy atom. The Morgan fingerprint density at radius 2 is 2.10 bits per heavy atom. The van der Waals surface area contributed by atoms with Crippen molar-refractivity contribution in [2.45, 2.75) is 13.3 Å². The summed E-state index contributed by atoms with van der Waals surface area (Å²) in [5.41, 5.74) is 0.776. The van der Waals surface area contributed by atoms with Crippen molar-refractivity contribution in [2.24, 2.45) is 0 Å². The molecule has 0 aliphatic rings. The molecule has 0 unspecified atom stereocenters. The lowest BCUT2D eigenvalue weighted by molar-refractivity contribution is -0.135. The third-order valence-electron chi connectivity index (χ3n) is 2.85. The van der Waals surface area contributed by atoms with E-state index in [1.165, 1.54) is 0 Å². The van der Waals surface area contributed by atoms with Crippen LogP contribution in [0.15, 0.2) is 28.8 Å². The fourth-order valence-corrected chi connectivity index (χ4v) is 1.88. The van der Waals surface area contributed by atoms with Gasteiger partial charge in [0, 0.05) is 12.1 Å². The van der Waals surface area contributed by atoms with Crippen LogP contribution in [-0.2, 0) is 4.79 Å². The molecule has 0 fully saturated rings. The fourth-order valence-electron chi connectivity index (χ4n) is 1.88. The fraction of sp³-hybridized carbons (Fsp3) is 0.357. The standard InChI is InChI=1S/C14H17N3O4/c1-3-8-17(9-12(18)19)14-15-13(16-21-14)10-4-6-11(20-2)7-5-10/h4-7H,3,8-9H2,1-2H3,(H,18,19). The van der Waals surface area contributed by atoms with E-state index in [9.17, 15) is 4.79 Å². The van der Waals surface area contributed by atoms with Gasteiger partial charge in [-0.05, 0) is 30.7 Å². The lowest BCUT2D eigenvalue weighted by atomic mass is 10.2. The van der Waals surface area contributed by atoms with E-state index in [0.717, 1.165) is 17.7 Å². The van der Waals surface area contributed by atoms with E-state index in [1.54, 1.807) is 24.1 Å². The van der Waals surface area contributed by atoms with E-state index < -0.39 is 5.97 Å². The van der Waals surface area contributed by atoms with E-state index in [1.807, 2.05) is 19.1 Å². The third-order valence-corrected chi connectivity index (χ3v) is 2.85. The number of methoxy groups -OCH3 is 1. The van der Waals surface area contributed by atoms with Crippen LogP contribution in [0, 0.1) is 0 Å². The van der Waals surface area contributed by atoms with Crippen LogP contribution in [0.3, 0.4) is 0 Å². The molecule has 0 spiro atoms. The summed E-state index contributed by atoms with van der Waals surface area (Å²) in [7, 11) is 1.59. The summed E-state index contributed by atoms with van der Waals surface area (Å²) in [5.74, 6) is 0.216. The van der Waals surface area contributed by atoms with Crippen molar-refractivity contribution in [1.29, 1.82) is 0 Å². The highest BCUT2D eigenvalue weighted by Gasteiger charge is 2.17. The molecule has 0 bridgehead atoms. The van der Waals surface area contributed by atoms with Crippen molar-refractivity contribution in [1.82, 2.24) is 10.1 Å². The van der Waals surface area contributed by atoms with E-state index in [4.69, 9.17) is 14.4 Å². The number of hydrogen-bond acceptors (Lipinski definition) is 6. The molecule has 2 aromatic rings. The van der Waals surface area contributed by atoms with Crippen molar-refractivity contribution < 1.29 is 19.2 Å². The van der Waals surface area contributed by atoms with Gasteiger partial charge < -0.3 is 19.3 Å². The molecule has 0 amide bonds. The second-order valence-corrected chi connectivity index (χ2v) is 4.44. The predicted molar refractivity (Wildman–Crippen MR) is 76.4 cm³/mol. The zero-order valence-electron chi connectivity index (χ0n) is 11.9. The molecule has 0 radical (unpaired) electrons. The van der Waals surface area contributed by atoms with Crippen molar-refractivity contribution in [3.8, 4) is 17.1 Å². The van der Waals surface area contributed by atoms with Gasteiger partial charge in [-0.3, -0.25) is 4.79 Å². The van der Waals surface area contributed by atoms with Crippen LogP contribution in [0.25, 0.3) is 11.4 Å². The number of anilines is 1. The number of hydrogen-bond donors (Lipinski definition) is 1. The van der Waals surface area contributed by atoms with Gasteiger partial charge in [-0.2, -0.15) is 4.98 Å². The molecule has 2 rings (SSSR count). The molecule has 7 heteroatoms. The summed E-state index contributed by atoms with van der Waals surface area (Å²) in [6, 6.07) is 7.44. The Morgan fingerprint density at radius 1 is 1.38 bits per heavy atom. The van der Waals surface area contributed by atoms with Gasteiger partial charge in [-0.15, -0.1) is 0 Å². The first-order valence-electron chi connectivity index (χ1n) is 6.59. The Bertz CT molecular complexity index is 595. The van der Waals surface area contributed by atoms with Crippen molar-refractivity contribution in [3.63, 3.8) is 0 Å². The molecule has 1 aromatic heterocycles. The van der Waals surface area contributed by atoms with Gasteiger partial charge >= 0.3 is 12.0 Å². The zero-order chi connectivity index (χ0) is 15.2. The number of nitrogens with zero attached hydrogens (tertiary/aromatic N) is 3. The molecule has 1 aromatic carbocycles. The second-order valence-electron chi connectivity index (χ2n) is 4.44. The topological polar surface area (TPSA) is 88.7 Å². The van der Waals surface area contributed by atoms with Crippen LogP contribution >= 0.6 is 0 Å². The number of rotatable bonds is 7. The summed E-state index contributed by atoms with van der Waals surface area (Å²) in [6.45, 7) is 2.32. The second kappa shape index (κ2) is 6.74. The average Bonchev–Trinajstić information content (AvgIpc) is 2.96. The highest BCUT2D eigenvalue weighted by atomic mass is 16.5. The lowest BCUT2D eigenvalue weighted by Gasteiger charge is -2.15. The molecule has 0 atom stereocenters. The molecule has 1 heterocycles. The minimum Gasteiger partial charge on any atom is -0.497 e. The molecule has 0 saturated heterocycles. The number of carbonyl (C=O) groups is 1. The van der Waals surface area contributed by atoms with Gasteiger partial charge in [0.05, 0.1) is 7.11 Å². The molecular formula is C14H17N3O4. The zero-order valence-corrected chi connectivity index (χ0v) is 11.9. The van der Waals surface area contributed by atoms with Gasteiger partial charge in [0.1, 0.15) is 12.3 Å². The quantitative estimate of drug-likeness (QED) is 0.835. The summed E-state index contributed by atoms with van der Waals surface area (Å²) < 4.78 is 10.2. The van der Waals surface area contributed by atoms with Gasteiger partial charge in [0.2, 0.25) is 5.82 Å². The molecule has 21 heavy (non-hydrogen) atoms. The SMILES string of the molecule is CCCN(CC(=O)O)c1nc(-c2ccc(OC)cc2)no1. The van der Waals surface area contributed by atoms with Crippen molar-refractivity contribution in [2.75, 3.05) is 25.1 Å². The van der Waals surface area contributed by atoms with Gasteiger partial charge in [0.15, 0.2) is 0 Å². The number of benzene rings is 1. The van der Waals surface area contributed by atoms with Crippen molar-refractivity contribution >= 4 is 12.0 Å². The minimum absolute atomic E-state index is 0.169. The maximum absolute atomic E-state index is 10.9. The maximum Gasteiger partial charge on any atom is 0.324 e. The van der Waals surface area contributed by atoms with Crippen LogP contribution in [0.4, 0.5) is 6.01 Å². The van der Waals surface area contributed by atoms with Crippen LogP contribution in [0.1, 0.15) is 13.3 Å². The van der Waals surface area contributed by atoms with E-state index in [2.05, 4.69) is 10.1 Å². The van der Waals surface area contributed by atoms with Crippen molar-refractivity contribution in [3.05, 3.63) is 24.3 Å². The summed E-state index contributed by atoms with van der Waals surface area (Å²) in [6.07, 6.45) is 0.785. The Labute approximate surface area is 122 Å². The Balaban J connectivity index is 2.20. The largest absolute Gasteiger partial charge is 0.497 e. The number of aromatic nitrogens is 2. The summed E-state index contributed by atoms with van der Waals surface area (Å²) in [5, 5.41) is 12.8. The van der Waals surface area contributed by atoms with Crippen LogP contribution in [-0.4, -0.2) is 41.4 Å². The van der Waals surface area contributed by atoms with Gasteiger partial charge in [-0.25, -0.2) is 0 Å². The number of carboxylic acid groups (broad SMARTS) is 1. The first kappa shape index (κ1) is 14.8.